The Morgan fingerprint density at radius 1 is 1.42 bits per heavy atom. The molecule has 0 heterocycles. The number of aliphatic hydroxyl groups excluding tert-OH is 1. The van der Waals surface area contributed by atoms with Crippen molar-refractivity contribution in [1.29, 1.82) is 0 Å². The van der Waals surface area contributed by atoms with Crippen LogP contribution < -0.4 is 0 Å². The van der Waals surface area contributed by atoms with Crippen molar-refractivity contribution in [2.75, 3.05) is 27.2 Å². The zero-order chi connectivity index (χ0) is 9.40. The number of hydrogen-bond donors (Lipinski definition) is 1. The molecule has 12 heavy (non-hydrogen) atoms. The van der Waals surface area contributed by atoms with Gasteiger partial charge >= 0.3 is 0 Å². The first-order valence-electron chi connectivity index (χ1n) is 4.11. The Morgan fingerprint density at radius 2 is 2.08 bits per heavy atom. The van der Waals surface area contributed by atoms with Crippen LogP contribution in [0.1, 0.15) is 13.3 Å². The fourth-order valence-electron chi connectivity index (χ4n) is 0.609. The molecule has 0 aliphatic heterocycles. The van der Waals surface area contributed by atoms with Gasteiger partial charge in [-0.15, -0.1) is 0 Å². The summed E-state index contributed by atoms with van der Waals surface area (Å²) in [5, 5.41) is 9.29. The molecule has 0 amide bonds. The Balaban J connectivity index is 3.49. The van der Waals surface area contributed by atoms with E-state index in [4.69, 9.17) is 0 Å². The third kappa shape index (κ3) is 6.04. The van der Waals surface area contributed by atoms with Crippen LogP contribution in [-0.2, 0) is 0 Å². The largest absolute Gasteiger partial charge is 0.378 e. The minimum atomic E-state index is -0.419. The van der Waals surface area contributed by atoms with Crippen molar-refractivity contribution in [3.63, 3.8) is 0 Å². The Kier molecular flexibility index (Phi) is 6.57. The van der Waals surface area contributed by atoms with E-state index in [-0.39, 0.29) is 0 Å². The predicted octanol–water partition coefficient (Wildman–Crippen LogP) is 0.450. The summed E-state index contributed by atoms with van der Waals surface area (Å²) in [6.07, 6.45) is 0.205. The van der Waals surface area contributed by atoms with Crippen LogP contribution in [0.25, 0.3) is 0 Å². The van der Waals surface area contributed by atoms with E-state index in [0.29, 0.717) is 19.5 Å². The van der Waals surface area contributed by atoms with Crippen molar-refractivity contribution in [2.24, 2.45) is 9.98 Å². The van der Waals surface area contributed by atoms with Crippen molar-refractivity contribution in [3.8, 4) is 0 Å². The molecule has 1 N–H and O–H groups in total. The molecule has 1 atom stereocenters. The van der Waals surface area contributed by atoms with Crippen LogP contribution in [0.5, 0.6) is 0 Å². The molecule has 4 nitrogen and oxygen atoms in total. The molecule has 0 saturated heterocycles. The molecule has 4 heteroatoms. The first kappa shape index (κ1) is 11.3. The SMILES string of the molecule is CCN=C=NCCC(O)N(C)C. The molecule has 0 aliphatic rings. The molecule has 70 valence electrons. The molecule has 0 saturated carbocycles. The monoisotopic (exact) mass is 171 g/mol. The van der Waals surface area contributed by atoms with Gasteiger partial charge in [0.25, 0.3) is 0 Å². The Hall–Kier alpha value is -0.700. The Morgan fingerprint density at radius 3 is 2.58 bits per heavy atom. The predicted molar refractivity (Wildman–Crippen MR) is 49.6 cm³/mol. The van der Waals surface area contributed by atoms with Crippen LogP contribution in [0.2, 0.25) is 0 Å². The van der Waals surface area contributed by atoms with E-state index in [1.807, 2.05) is 21.0 Å². The molecular formula is C8H17N3O. The molecule has 0 rings (SSSR count). The van der Waals surface area contributed by atoms with Crippen molar-refractivity contribution >= 4 is 6.01 Å². The third-order valence-corrected chi connectivity index (χ3v) is 1.39. The molecule has 0 aromatic heterocycles. The summed E-state index contributed by atoms with van der Waals surface area (Å²) in [5.74, 6) is 0. The lowest BCUT2D eigenvalue weighted by Gasteiger charge is -2.16. The van der Waals surface area contributed by atoms with E-state index in [1.54, 1.807) is 4.90 Å². The molecule has 0 bridgehead atoms. The summed E-state index contributed by atoms with van der Waals surface area (Å²) in [6.45, 7) is 3.21. The number of rotatable bonds is 5. The lowest BCUT2D eigenvalue weighted by Crippen LogP contribution is -2.27. The highest BCUT2D eigenvalue weighted by Gasteiger charge is 2.03. The maximum absolute atomic E-state index is 9.29. The van der Waals surface area contributed by atoms with E-state index < -0.39 is 6.23 Å². The van der Waals surface area contributed by atoms with Crippen LogP contribution in [-0.4, -0.2) is 49.4 Å². The summed E-state index contributed by atoms with van der Waals surface area (Å²) in [5.41, 5.74) is 0. The summed E-state index contributed by atoms with van der Waals surface area (Å²) in [4.78, 5) is 9.42. The van der Waals surface area contributed by atoms with E-state index in [2.05, 4.69) is 16.0 Å². The topological polar surface area (TPSA) is 48.2 Å². The van der Waals surface area contributed by atoms with Crippen LogP contribution >= 0.6 is 0 Å². The van der Waals surface area contributed by atoms with Gasteiger partial charge in [0.2, 0.25) is 0 Å². The minimum Gasteiger partial charge on any atom is -0.378 e. The van der Waals surface area contributed by atoms with Crippen LogP contribution in [0.15, 0.2) is 9.98 Å². The average molecular weight is 171 g/mol. The molecule has 1 unspecified atom stereocenters. The highest BCUT2D eigenvalue weighted by atomic mass is 16.3. The van der Waals surface area contributed by atoms with E-state index in [1.165, 1.54) is 0 Å². The lowest BCUT2D eigenvalue weighted by atomic mass is 10.3. The molecular weight excluding hydrogens is 154 g/mol. The van der Waals surface area contributed by atoms with Crippen LogP contribution in [0.3, 0.4) is 0 Å². The molecule has 0 aromatic carbocycles. The van der Waals surface area contributed by atoms with E-state index in [0.717, 1.165) is 0 Å². The van der Waals surface area contributed by atoms with E-state index >= 15 is 0 Å². The minimum absolute atomic E-state index is 0.419. The number of aliphatic imine (C=N–C) groups is 2. The summed E-state index contributed by atoms with van der Waals surface area (Å²) in [6, 6.07) is 2.55. The number of nitrogens with zero attached hydrogens (tertiary/aromatic N) is 3. The van der Waals surface area contributed by atoms with Gasteiger partial charge in [-0.2, -0.15) is 0 Å². The maximum Gasteiger partial charge on any atom is 0.108 e. The lowest BCUT2D eigenvalue weighted by molar-refractivity contribution is 0.0358. The van der Waals surface area contributed by atoms with Gasteiger partial charge < -0.3 is 5.11 Å². The normalized spacial score (nSPS) is 12.4. The average Bonchev–Trinajstić information content (AvgIpc) is 2.03. The second-order valence-electron chi connectivity index (χ2n) is 2.69. The second-order valence-corrected chi connectivity index (χ2v) is 2.69. The molecule has 0 spiro atoms. The van der Waals surface area contributed by atoms with Crippen molar-refractivity contribution in [2.45, 2.75) is 19.6 Å². The fraction of sp³-hybridized carbons (Fsp3) is 0.875. The first-order valence-corrected chi connectivity index (χ1v) is 4.11. The quantitative estimate of drug-likeness (QED) is 0.482. The number of hydrogen-bond acceptors (Lipinski definition) is 4. The smallest absolute Gasteiger partial charge is 0.108 e. The van der Waals surface area contributed by atoms with Gasteiger partial charge in [-0.3, -0.25) is 4.90 Å². The van der Waals surface area contributed by atoms with Gasteiger partial charge in [0, 0.05) is 13.0 Å². The highest BCUT2D eigenvalue weighted by Crippen LogP contribution is 1.93. The first-order chi connectivity index (χ1) is 5.68. The second kappa shape index (κ2) is 6.98. The number of aliphatic hydroxyl groups is 1. The van der Waals surface area contributed by atoms with Gasteiger partial charge in [0.1, 0.15) is 6.23 Å². The molecule has 0 aliphatic carbocycles. The summed E-state index contributed by atoms with van der Waals surface area (Å²) in [7, 11) is 3.66. The van der Waals surface area contributed by atoms with Gasteiger partial charge in [-0.1, -0.05) is 0 Å². The van der Waals surface area contributed by atoms with Gasteiger partial charge in [-0.05, 0) is 21.0 Å². The fourth-order valence-corrected chi connectivity index (χ4v) is 0.609. The van der Waals surface area contributed by atoms with Gasteiger partial charge in [0.15, 0.2) is 0 Å². The third-order valence-electron chi connectivity index (χ3n) is 1.39. The molecule has 0 aromatic rings. The van der Waals surface area contributed by atoms with Crippen LogP contribution in [0.4, 0.5) is 0 Å². The highest BCUT2D eigenvalue weighted by molar-refractivity contribution is 5.40. The van der Waals surface area contributed by atoms with Crippen molar-refractivity contribution in [3.05, 3.63) is 0 Å². The van der Waals surface area contributed by atoms with Crippen molar-refractivity contribution in [1.82, 2.24) is 4.90 Å². The van der Waals surface area contributed by atoms with Gasteiger partial charge in [-0.25, -0.2) is 9.98 Å². The van der Waals surface area contributed by atoms with Crippen molar-refractivity contribution < 1.29 is 5.11 Å². The standard InChI is InChI=1S/C8H17N3O/c1-4-9-7-10-6-5-8(12)11(2)3/h8,12H,4-6H2,1-3H3. The molecule has 0 radical (unpaired) electrons. The maximum atomic E-state index is 9.29. The van der Waals surface area contributed by atoms with Crippen LogP contribution in [0, 0.1) is 0 Å². The zero-order valence-corrected chi connectivity index (χ0v) is 7.99. The van der Waals surface area contributed by atoms with Gasteiger partial charge in [0.05, 0.1) is 12.6 Å². The summed E-state index contributed by atoms with van der Waals surface area (Å²) < 4.78 is 0. The molecule has 0 fully saturated rings. The zero-order valence-electron chi connectivity index (χ0n) is 7.99. The Labute approximate surface area is 73.6 Å². The Bertz CT molecular complexity index is 162. The van der Waals surface area contributed by atoms with E-state index in [9.17, 15) is 5.11 Å². The summed E-state index contributed by atoms with van der Waals surface area (Å²) >= 11 is 0.